The fraction of sp³-hybridized carbons (Fsp3) is 0.538. The van der Waals surface area contributed by atoms with Crippen LogP contribution in [0.3, 0.4) is 0 Å². The number of ether oxygens (including phenoxy) is 2. The Hall–Kier alpha value is -0.860. The molecule has 1 fully saturated rings. The van der Waals surface area contributed by atoms with E-state index >= 15 is 0 Å². The van der Waals surface area contributed by atoms with Crippen molar-refractivity contribution in [3.63, 3.8) is 0 Å². The van der Waals surface area contributed by atoms with E-state index < -0.39 is 0 Å². The van der Waals surface area contributed by atoms with E-state index in [0.29, 0.717) is 6.61 Å². The van der Waals surface area contributed by atoms with Crippen molar-refractivity contribution in [2.45, 2.75) is 31.5 Å². The minimum atomic E-state index is 0.0226. The second-order valence-electron chi connectivity index (χ2n) is 4.22. The number of hydrogen-bond acceptors (Lipinski definition) is 2. The number of rotatable bonds is 5. The Kier molecular flexibility index (Phi) is 3.39. The van der Waals surface area contributed by atoms with Gasteiger partial charge < -0.3 is 9.47 Å². The van der Waals surface area contributed by atoms with Crippen LogP contribution in [0.4, 0.5) is 0 Å². The Bertz CT molecular complexity index is 285. The molecule has 0 unspecified atom stereocenters. The Balaban J connectivity index is 1.75. The van der Waals surface area contributed by atoms with Crippen LogP contribution in [0, 0.1) is 0 Å². The van der Waals surface area contributed by atoms with Crippen molar-refractivity contribution in [1.82, 2.24) is 0 Å². The maximum absolute atomic E-state index is 5.69. The number of methoxy groups -OCH3 is 1. The molecule has 2 rings (SSSR count). The third-order valence-corrected chi connectivity index (χ3v) is 3.17. The molecule has 1 saturated carbocycles. The van der Waals surface area contributed by atoms with Gasteiger partial charge in [-0.2, -0.15) is 0 Å². The van der Waals surface area contributed by atoms with E-state index in [1.807, 2.05) is 18.2 Å². The van der Waals surface area contributed by atoms with E-state index in [9.17, 15) is 0 Å². The zero-order valence-corrected chi connectivity index (χ0v) is 9.24. The maximum atomic E-state index is 5.69. The van der Waals surface area contributed by atoms with E-state index in [2.05, 4.69) is 12.1 Å². The van der Waals surface area contributed by atoms with Crippen molar-refractivity contribution in [1.29, 1.82) is 0 Å². The fourth-order valence-corrected chi connectivity index (χ4v) is 1.91. The Labute approximate surface area is 91.2 Å². The van der Waals surface area contributed by atoms with E-state index in [4.69, 9.17) is 9.47 Å². The molecule has 0 bridgehead atoms. The second-order valence-corrected chi connectivity index (χ2v) is 4.22. The van der Waals surface area contributed by atoms with E-state index in [1.54, 1.807) is 7.11 Å². The number of hydrogen-bond donors (Lipinski definition) is 0. The summed E-state index contributed by atoms with van der Waals surface area (Å²) >= 11 is 0. The predicted octanol–water partition coefficient (Wildman–Crippen LogP) is 2.77. The Morgan fingerprint density at radius 1 is 1.20 bits per heavy atom. The zero-order chi connectivity index (χ0) is 10.6. The Morgan fingerprint density at radius 3 is 2.47 bits per heavy atom. The molecule has 0 atom stereocenters. The van der Waals surface area contributed by atoms with Crippen molar-refractivity contribution in [2.24, 2.45) is 0 Å². The lowest BCUT2D eigenvalue weighted by Gasteiger charge is -2.40. The van der Waals surface area contributed by atoms with Gasteiger partial charge in [0.1, 0.15) is 0 Å². The molecule has 2 nitrogen and oxygen atoms in total. The summed E-state index contributed by atoms with van der Waals surface area (Å²) in [5.41, 5.74) is 1.25. The van der Waals surface area contributed by atoms with E-state index in [0.717, 1.165) is 19.4 Å². The molecule has 0 amide bonds. The molecule has 0 spiro atoms. The molecule has 1 aromatic carbocycles. The summed E-state index contributed by atoms with van der Waals surface area (Å²) in [6, 6.07) is 10.3. The SMILES string of the molecule is COC1(COCc2ccccc2)CCC1. The summed E-state index contributed by atoms with van der Waals surface area (Å²) in [4.78, 5) is 0. The van der Waals surface area contributed by atoms with Crippen LogP contribution in [-0.2, 0) is 16.1 Å². The molecule has 0 N–H and O–H groups in total. The topological polar surface area (TPSA) is 18.5 Å². The third-order valence-electron chi connectivity index (χ3n) is 3.17. The van der Waals surface area contributed by atoms with Crippen LogP contribution in [-0.4, -0.2) is 19.3 Å². The van der Waals surface area contributed by atoms with Crippen molar-refractivity contribution in [3.8, 4) is 0 Å². The molecule has 1 aromatic rings. The van der Waals surface area contributed by atoms with Crippen LogP contribution >= 0.6 is 0 Å². The van der Waals surface area contributed by atoms with Crippen molar-refractivity contribution >= 4 is 0 Å². The van der Waals surface area contributed by atoms with Crippen LogP contribution in [0.5, 0.6) is 0 Å². The lowest BCUT2D eigenvalue weighted by Crippen LogP contribution is -2.43. The van der Waals surface area contributed by atoms with Crippen molar-refractivity contribution < 1.29 is 9.47 Å². The van der Waals surface area contributed by atoms with Crippen molar-refractivity contribution in [2.75, 3.05) is 13.7 Å². The monoisotopic (exact) mass is 206 g/mol. The minimum Gasteiger partial charge on any atom is -0.376 e. The summed E-state index contributed by atoms with van der Waals surface area (Å²) in [7, 11) is 1.78. The fourth-order valence-electron chi connectivity index (χ4n) is 1.91. The van der Waals surface area contributed by atoms with Crippen molar-refractivity contribution in [3.05, 3.63) is 35.9 Å². The molecule has 0 aliphatic heterocycles. The van der Waals surface area contributed by atoms with Gasteiger partial charge >= 0.3 is 0 Å². The highest BCUT2D eigenvalue weighted by Gasteiger charge is 2.37. The maximum Gasteiger partial charge on any atom is 0.0911 e. The molecule has 2 heteroatoms. The molecule has 82 valence electrons. The highest BCUT2D eigenvalue weighted by Crippen LogP contribution is 2.35. The minimum absolute atomic E-state index is 0.0226. The van der Waals surface area contributed by atoms with Gasteiger partial charge in [0.2, 0.25) is 0 Å². The Morgan fingerprint density at radius 2 is 1.93 bits per heavy atom. The summed E-state index contributed by atoms with van der Waals surface area (Å²) < 4.78 is 11.2. The van der Waals surface area contributed by atoms with Crippen LogP contribution in [0.15, 0.2) is 30.3 Å². The first-order valence-corrected chi connectivity index (χ1v) is 5.51. The smallest absolute Gasteiger partial charge is 0.0911 e. The van der Waals surface area contributed by atoms with Gasteiger partial charge in [0, 0.05) is 7.11 Å². The highest BCUT2D eigenvalue weighted by molar-refractivity contribution is 5.13. The molecule has 0 heterocycles. The summed E-state index contributed by atoms with van der Waals surface area (Å²) in [5, 5.41) is 0. The molecule has 0 radical (unpaired) electrons. The third kappa shape index (κ3) is 2.58. The van der Waals surface area contributed by atoms with E-state index in [-0.39, 0.29) is 5.60 Å². The van der Waals surface area contributed by atoms with E-state index in [1.165, 1.54) is 12.0 Å². The standard InChI is InChI=1S/C13H18O2/c1-14-13(8-5-9-13)11-15-10-12-6-3-2-4-7-12/h2-4,6-7H,5,8-11H2,1H3. The van der Waals surface area contributed by atoms with Crippen LogP contribution in [0.25, 0.3) is 0 Å². The van der Waals surface area contributed by atoms with Crippen LogP contribution in [0.2, 0.25) is 0 Å². The van der Waals surface area contributed by atoms with Gasteiger partial charge in [-0.25, -0.2) is 0 Å². The lowest BCUT2D eigenvalue weighted by atomic mass is 9.81. The summed E-state index contributed by atoms with van der Waals surface area (Å²) in [5.74, 6) is 0. The molecule has 0 aromatic heterocycles. The second kappa shape index (κ2) is 4.77. The van der Waals surface area contributed by atoms with Gasteiger partial charge in [0.05, 0.1) is 18.8 Å². The summed E-state index contributed by atoms with van der Waals surface area (Å²) in [6.07, 6.45) is 3.54. The quantitative estimate of drug-likeness (QED) is 0.737. The molecule has 1 aliphatic rings. The van der Waals surface area contributed by atoms with Gasteiger partial charge in [0.25, 0.3) is 0 Å². The van der Waals surface area contributed by atoms with Gasteiger partial charge in [-0.1, -0.05) is 30.3 Å². The average Bonchev–Trinajstić information content (AvgIpc) is 2.24. The summed E-state index contributed by atoms with van der Waals surface area (Å²) in [6.45, 7) is 1.41. The van der Waals surface area contributed by atoms with Crippen LogP contribution in [0.1, 0.15) is 24.8 Å². The molecular formula is C13H18O2. The normalized spacial score (nSPS) is 18.5. The first kappa shape index (κ1) is 10.7. The molecule has 1 aliphatic carbocycles. The first-order valence-electron chi connectivity index (χ1n) is 5.51. The van der Waals surface area contributed by atoms with Gasteiger partial charge in [-0.15, -0.1) is 0 Å². The lowest BCUT2D eigenvalue weighted by molar-refractivity contribution is -0.125. The van der Waals surface area contributed by atoms with Crippen LogP contribution < -0.4 is 0 Å². The van der Waals surface area contributed by atoms with Gasteiger partial charge in [-0.3, -0.25) is 0 Å². The first-order chi connectivity index (χ1) is 7.35. The molecular weight excluding hydrogens is 188 g/mol. The van der Waals surface area contributed by atoms with Gasteiger partial charge in [-0.05, 0) is 24.8 Å². The highest BCUT2D eigenvalue weighted by atomic mass is 16.5. The molecule has 0 saturated heterocycles. The van der Waals surface area contributed by atoms with Gasteiger partial charge in [0.15, 0.2) is 0 Å². The zero-order valence-electron chi connectivity index (χ0n) is 9.24. The predicted molar refractivity (Wildman–Crippen MR) is 59.7 cm³/mol. The largest absolute Gasteiger partial charge is 0.376 e. The number of benzene rings is 1. The average molecular weight is 206 g/mol. The molecule has 15 heavy (non-hydrogen) atoms.